The Morgan fingerprint density at radius 1 is 0.712 bits per heavy atom. The van der Waals surface area contributed by atoms with Gasteiger partial charge in [-0.05, 0) is 73.6 Å². The van der Waals surface area contributed by atoms with Crippen molar-refractivity contribution in [2.45, 2.75) is 89.6 Å². The predicted molar refractivity (Wildman–Crippen MR) is 220 cm³/mol. The van der Waals surface area contributed by atoms with Gasteiger partial charge in [-0.15, -0.1) is 0 Å². The molecular formula is C43H46Cl2N8O6. The van der Waals surface area contributed by atoms with Crippen molar-refractivity contribution in [1.82, 2.24) is 40.4 Å². The normalized spacial score (nSPS) is 23.5. The average Bonchev–Trinajstić information content (AvgIpc) is 3.92. The monoisotopic (exact) mass is 840 g/mol. The maximum Gasteiger partial charge on any atom is 0.407 e. The minimum Gasteiger partial charge on any atom is -0.465 e. The van der Waals surface area contributed by atoms with Gasteiger partial charge in [-0.1, -0.05) is 87.0 Å². The summed E-state index contributed by atoms with van der Waals surface area (Å²) in [5.74, 6) is 7.62. The second kappa shape index (κ2) is 15.9. The summed E-state index contributed by atoms with van der Waals surface area (Å²) in [4.78, 5) is 70.7. The fraction of sp³-hybridized carbons (Fsp3) is 0.442. The molecule has 2 aromatic carbocycles. The molecule has 59 heavy (non-hydrogen) atoms. The highest BCUT2D eigenvalue weighted by Gasteiger charge is 2.57. The summed E-state index contributed by atoms with van der Waals surface area (Å²) < 4.78 is 4.78. The number of halogens is 2. The number of nitrogens with zero attached hydrogens (tertiary/aromatic N) is 4. The van der Waals surface area contributed by atoms with E-state index in [1.54, 1.807) is 4.90 Å². The summed E-state index contributed by atoms with van der Waals surface area (Å²) in [6.45, 7) is 7.43. The van der Waals surface area contributed by atoms with Crippen LogP contribution in [0.5, 0.6) is 0 Å². The van der Waals surface area contributed by atoms with Crippen LogP contribution in [0.3, 0.4) is 0 Å². The maximum absolute atomic E-state index is 13.8. The molecule has 0 spiro atoms. The van der Waals surface area contributed by atoms with Crippen LogP contribution in [-0.2, 0) is 14.3 Å². The van der Waals surface area contributed by atoms with Crippen LogP contribution in [-0.4, -0.2) is 90.1 Å². The van der Waals surface area contributed by atoms with Crippen molar-refractivity contribution in [2.75, 3.05) is 7.11 Å². The molecule has 4 aromatic rings. The van der Waals surface area contributed by atoms with E-state index in [-0.39, 0.29) is 47.8 Å². The van der Waals surface area contributed by atoms with E-state index in [0.29, 0.717) is 45.2 Å². The zero-order valence-corrected chi connectivity index (χ0v) is 34.8. The predicted octanol–water partition coefficient (Wildman–Crippen LogP) is 7.17. The molecule has 4 amide bonds. The van der Waals surface area contributed by atoms with Crippen LogP contribution < -0.4 is 10.6 Å². The van der Waals surface area contributed by atoms with Crippen LogP contribution in [0.4, 0.5) is 9.59 Å². The summed E-state index contributed by atoms with van der Waals surface area (Å²) in [5.41, 5.74) is 4.32. The topological polar surface area (TPSA) is 186 Å². The number of nitrogens with one attached hydrogen (secondary N) is 4. The van der Waals surface area contributed by atoms with Crippen LogP contribution in [0, 0.1) is 35.5 Å². The zero-order chi connectivity index (χ0) is 41.9. The summed E-state index contributed by atoms with van der Waals surface area (Å²) in [6.07, 6.45) is 1.47. The molecule has 16 heteroatoms. The first-order chi connectivity index (χ1) is 28.2. The third-order valence-corrected chi connectivity index (χ3v) is 12.5. The molecule has 2 aliphatic heterocycles. The van der Waals surface area contributed by atoms with Gasteiger partial charge >= 0.3 is 12.2 Å². The van der Waals surface area contributed by atoms with E-state index >= 15 is 0 Å². The SMILES string of the molecule is COC(=O)N[C@H](C(=O)N1[C@@H]2C[C@@H]2C[C@H]1c1nc(-c2ccc(C#Cc3ccc(-c4nc([C@@H]5C[C@H]6C[C@H]6N5C(=O)[C@@H](NC(=O)O)C(C)C)[nH]c4Cl)cc3)cc2)c(Cl)[nH]1)C(C)C. The first-order valence-corrected chi connectivity index (χ1v) is 20.7. The van der Waals surface area contributed by atoms with Crippen molar-refractivity contribution < 1.29 is 29.0 Å². The molecule has 2 saturated carbocycles. The molecule has 0 unspecified atom stereocenters. The number of amides is 4. The van der Waals surface area contributed by atoms with Gasteiger partial charge in [0.2, 0.25) is 11.8 Å². The first kappa shape index (κ1) is 40.3. The molecule has 0 radical (unpaired) electrons. The van der Waals surface area contributed by atoms with E-state index in [9.17, 15) is 24.3 Å². The van der Waals surface area contributed by atoms with Gasteiger partial charge < -0.3 is 40.2 Å². The molecule has 8 atom stereocenters. The van der Waals surface area contributed by atoms with Gasteiger partial charge in [-0.2, -0.15) is 0 Å². The third kappa shape index (κ3) is 7.98. The number of fused-ring (bicyclic) bond motifs is 2. The van der Waals surface area contributed by atoms with Crippen LogP contribution in [0.15, 0.2) is 48.5 Å². The van der Waals surface area contributed by atoms with Gasteiger partial charge in [0.15, 0.2) is 0 Å². The van der Waals surface area contributed by atoms with Crippen molar-refractivity contribution in [1.29, 1.82) is 0 Å². The average molecular weight is 842 g/mol. The minimum atomic E-state index is -1.23. The second-order valence-electron chi connectivity index (χ2n) is 16.6. The van der Waals surface area contributed by atoms with Gasteiger partial charge in [0.1, 0.15) is 45.4 Å². The van der Waals surface area contributed by atoms with Gasteiger partial charge in [0, 0.05) is 34.3 Å². The smallest absolute Gasteiger partial charge is 0.407 e. The van der Waals surface area contributed by atoms with Gasteiger partial charge in [0.25, 0.3) is 0 Å². The number of alkyl carbamates (subject to hydrolysis) is 1. The fourth-order valence-electron chi connectivity index (χ4n) is 8.71. The molecule has 0 bridgehead atoms. The van der Waals surface area contributed by atoms with Crippen LogP contribution in [0.2, 0.25) is 10.3 Å². The number of imidazole rings is 2. The number of H-pyrrole nitrogens is 2. The number of hydrogen-bond acceptors (Lipinski definition) is 7. The van der Waals surface area contributed by atoms with E-state index in [2.05, 4.69) is 32.4 Å². The van der Waals surface area contributed by atoms with Gasteiger partial charge in [-0.3, -0.25) is 9.59 Å². The summed E-state index contributed by atoms with van der Waals surface area (Å²) in [5, 5.41) is 15.2. The lowest BCUT2D eigenvalue weighted by Crippen LogP contribution is -2.52. The maximum atomic E-state index is 13.8. The Labute approximate surface area is 351 Å². The molecule has 308 valence electrons. The zero-order valence-electron chi connectivity index (χ0n) is 33.3. The number of ether oxygens (including phenoxy) is 1. The Balaban J connectivity index is 0.934. The quantitative estimate of drug-likeness (QED) is 0.104. The van der Waals surface area contributed by atoms with Crippen molar-refractivity contribution in [3.63, 3.8) is 0 Å². The lowest BCUT2D eigenvalue weighted by atomic mass is 10.0. The number of carbonyl (C=O) groups excluding carboxylic acids is 3. The van der Waals surface area contributed by atoms with Crippen molar-refractivity contribution in [2.24, 2.45) is 23.7 Å². The number of piperidine rings is 2. The molecule has 4 aliphatic rings. The molecule has 14 nitrogen and oxygen atoms in total. The number of methoxy groups -OCH3 is 1. The van der Waals surface area contributed by atoms with E-state index < -0.39 is 24.3 Å². The number of carboxylic acid groups (broad SMARTS) is 1. The molecule has 2 saturated heterocycles. The second-order valence-corrected chi connectivity index (χ2v) is 17.4. The Kier molecular flexibility index (Phi) is 10.9. The first-order valence-electron chi connectivity index (χ1n) is 19.9. The molecular weight excluding hydrogens is 795 g/mol. The van der Waals surface area contributed by atoms with Crippen molar-refractivity contribution in [3.8, 4) is 34.4 Å². The third-order valence-electron chi connectivity index (χ3n) is 12.0. The molecule has 2 aliphatic carbocycles. The number of hydrogen-bond donors (Lipinski definition) is 5. The number of rotatable bonds is 10. The molecule has 4 heterocycles. The highest BCUT2D eigenvalue weighted by Crippen LogP contribution is 2.55. The molecule has 8 rings (SSSR count). The Morgan fingerprint density at radius 3 is 1.49 bits per heavy atom. The van der Waals surface area contributed by atoms with Crippen LogP contribution in [0.25, 0.3) is 22.5 Å². The Morgan fingerprint density at radius 2 is 1.12 bits per heavy atom. The summed E-state index contributed by atoms with van der Waals surface area (Å²) in [6, 6.07) is 13.2. The highest BCUT2D eigenvalue weighted by atomic mass is 35.5. The Bertz CT molecular complexity index is 2350. The molecule has 2 aromatic heterocycles. The standard InChI is InChI=1S/C43H46Cl2N8O6/c1-20(2)32(48-42(56)57)40(54)52-28-16-26(28)18-30(52)38-46-34(36(44)50-38)24-12-8-22(9-13-24)6-7-23-10-14-25(15-11-23)35-37(45)51-39(47-35)31-19-27-17-29(27)53(31)41(55)33(21(3)4)49-43(58)59-5/h8-15,20-21,26-33,48H,16-19H2,1-5H3,(H,46,50)(H,47,51)(H,49,58)(H,56,57)/t26-,27-,28-,29-,30+,31+,32+,33+/m1/s1. The fourth-order valence-corrected chi connectivity index (χ4v) is 9.20. The van der Waals surface area contributed by atoms with Gasteiger partial charge in [0.05, 0.1) is 19.2 Å². The number of aromatic amines is 2. The van der Waals surface area contributed by atoms with E-state index in [1.165, 1.54) is 7.11 Å². The number of aromatic nitrogens is 4. The lowest BCUT2D eigenvalue weighted by molar-refractivity contribution is -0.137. The van der Waals surface area contributed by atoms with Crippen molar-refractivity contribution >= 4 is 47.2 Å². The van der Waals surface area contributed by atoms with E-state index in [0.717, 1.165) is 47.9 Å². The number of likely N-dealkylation sites (tertiary alicyclic amines) is 2. The Hall–Kier alpha value is -5.52. The number of benzene rings is 2. The summed E-state index contributed by atoms with van der Waals surface area (Å²) >= 11 is 13.4. The van der Waals surface area contributed by atoms with E-state index in [1.807, 2.05) is 81.1 Å². The molecule has 5 N–H and O–H groups in total. The minimum absolute atomic E-state index is 0.0709. The lowest BCUT2D eigenvalue weighted by Gasteiger charge is -2.31. The summed E-state index contributed by atoms with van der Waals surface area (Å²) in [7, 11) is 1.28. The van der Waals surface area contributed by atoms with Crippen LogP contribution >= 0.6 is 23.2 Å². The van der Waals surface area contributed by atoms with Crippen molar-refractivity contribution in [3.05, 3.63) is 81.6 Å². The largest absolute Gasteiger partial charge is 0.465 e. The van der Waals surface area contributed by atoms with Gasteiger partial charge in [-0.25, -0.2) is 19.6 Å². The molecule has 4 fully saturated rings. The van der Waals surface area contributed by atoms with Crippen LogP contribution in [0.1, 0.15) is 88.2 Å². The highest BCUT2D eigenvalue weighted by molar-refractivity contribution is 6.32. The van der Waals surface area contributed by atoms with E-state index in [4.69, 9.17) is 37.9 Å². The number of carbonyl (C=O) groups is 4.